The molecule has 0 fully saturated rings. The van der Waals surface area contributed by atoms with Crippen molar-refractivity contribution in [1.29, 1.82) is 0 Å². The monoisotopic (exact) mass is 468 g/mol. The lowest BCUT2D eigenvalue weighted by Crippen LogP contribution is -2.39. The molecule has 1 aromatic heterocycles. The van der Waals surface area contributed by atoms with Gasteiger partial charge in [-0.25, -0.2) is 0 Å². The van der Waals surface area contributed by atoms with E-state index >= 15 is 0 Å². The molecular weight excluding hydrogens is 436 g/mol. The molecule has 2 heterocycles. The molecule has 34 heavy (non-hydrogen) atoms. The molecule has 0 amide bonds. The van der Waals surface area contributed by atoms with Crippen LogP contribution in [0.2, 0.25) is 0 Å². The van der Waals surface area contributed by atoms with Gasteiger partial charge in [-0.15, -0.1) is 0 Å². The molecule has 0 bridgehead atoms. The van der Waals surface area contributed by atoms with Gasteiger partial charge in [0.05, 0.1) is 50.2 Å². The lowest BCUT2D eigenvalue weighted by atomic mass is 10.1. The minimum Gasteiger partial charge on any atom is -0.349 e. The zero-order valence-corrected chi connectivity index (χ0v) is 21.0. The maximum Gasteiger partial charge on any atom is 0.304 e. The van der Waals surface area contributed by atoms with E-state index in [1.807, 2.05) is 0 Å². The smallest absolute Gasteiger partial charge is 0.304 e. The quantitative estimate of drug-likeness (QED) is 0.203. The first-order valence-electron chi connectivity index (χ1n) is 11.9. The summed E-state index contributed by atoms with van der Waals surface area (Å²) in [5, 5.41) is 5.83. The van der Waals surface area contributed by atoms with Crippen molar-refractivity contribution in [3.05, 3.63) is 95.4 Å². The number of nitrogens with one attached hydrogen (secondary N) is 1. The number of unbranched alkanes of at least 4 members (excludes halogenated alkanes) is 1. The summed E-state index contributed by atoms with van der Waals surface area (Å²) in [6.07, 6.45) is 5.44. The maximum atomic E-state index is 5.27. The van der Waals surface area contributed by atoms with E-state index in [1.54, 1.807) is 11.8 Å². The molecule has 1 aliphatic heterocycles. The van der Waals surface area contributed by atoms with Crippen LogP contribution in [0.1, 0.15) is 24.4 Å². The Balaban J connectivity index is 1.57. The van der Waals surface area contributed by atoms with E-state index in [1.165, 1.54) is 22.5 Å². The van der Waals surface area contributed by atoms with Gasteiger partial charge in [-0.3, -0.25) is 0 Å². The second kappa shape index (κ2) is 9.61. The molecule has 1 N–H and O–H groups in total. The molecule has 0 saturated carbocycles. The zero-order chi connectivity index (χ0) is 23.5. The van der Waals surface area contributed by atoms with Gasteiger partial charge in [0.2, 0.25) is 0 Å². The Kier molecular flexibility index (Phi) is 6.40. The van der Waals surface area contributed by atoms with Crippen molar-refractivity contribution in [2.45, 2.75) is 24.2 Å². The van der Waals surface area contributed by atoms with E-state index in [0.29, 0.717) is 0 Å². The summed E-state index contributed by atoms with van der Waals surface area (Å²) < 4.78 is 3.33. The predicted molar refractivity (Wildman–Crippen MR) is 143 cm³/mol. The molecular formula is C29H32N4S+2. The number of para-hydroxylation sites is 3. The highest BCUT2D eigenvalue weighted by Crippen LogP contribution is 2.41. The maximum absolute atomic E-state index is 5.27. The van der Waals surface area contributed by atoms with E-state index in [-0.39, 0.29) is 0 Å². The number of benzene rings is 3. The van der Waals surface area contributed by atoms with Gasteiger partial charge in [-0.1, -0.05) is 54.2 Å². The van der Waals surface area contributed by atoms with Crippen LogP contribution in [0.15, 0.2) is 88.8 Å². The summed E-state index contributed by atoms with van der Waals surface area (Å²) in [5.74, 6) is 1.11. The van der Waals surface area contributed by atoms with Crippen LogP contribution in [0.3, 0.4) is 0 Å². The highest BCUT2D eigenvalue weighted by Gasteiger charge is 2.24. The van der Waals surface area contributed by atoms with Gasteiger partial charge < -0.3 is 9.80 Å². The molecule has 4 aromatic rings. The van der Waals surface area contributed by atoms with Crippen molar-refractivity contribution in [2.24, 2.45) is 0 Å². The van der Waals surface area contributed by atoms with E-state index in [2.05, 4.69) is 116 Å². The van der Waals surface area contributed by atoms with Crippen LogP contribution < -0.4 is 9.88 Å². The minimum absolute atomic E-state index is 0.941. The number of fused-ring (bicyclic) bond motifs is 2. The van der Waals surface area contributed by atoms with Gasteiger partial charge in [-0.05, 0) is 54.2 Å². The third-order valence-electron chi connectivity index (χ3n) is 6.05. The van der Waals surface area contributed by atoms with Crippen LogP contribution in [0, 0.1) is 0 Å². The molecule has 0 atom stereocenters. The highest BCUT2D eigenvalue weighted by atomic mass is 32.2. The standard InChI is InChI=1S/C29H31N4S/c1-33(2,3)20-12-11-19-28-30-25(21-29-31-24-16-8-10-18-27(24)34-29)23-15-7-9-17-26(23)32(28)22-13-5-4-6-14-22/h4-10,13-18,21H,11-12,19-20H2,1-3H3/q+1/p+1. The van der Waals surface area contributed by atoms with Crippen LogP contribution in [-0.4, -0.2) is 37.2 Å². The molecule has 0 radical (unpaired) electrons. The molecule has 3 aromatic carbocycles. The van der Waals surface area contributed by atoms with Crippen LogP contribution >= 0.6 is 11.8 Å². The Hall–Kier alpha value is -3.15. The zero-order valence-electron chi connectivity index (χ0n) is 20.2. The van der Waals surface area contributed by atoms with E-state index in [9.17, 15) is 0 Å². The molecule has 172 valence electrons. The average molecular weight is 469 g/mol. The van der Waals surface area contributed by atoms with Crippen molar-refractivity contribution in [3.63, 3.8) is 0 Å². The van der Waals surface area contributed by atoms with E-state index in [0.717, 1.165) is 51.5 Å². The largest absolute Gasteiger partial charge is 0.349 e. The van der Waals surface area contributed by atoms with Gasteiger partial charge in [0.1, 0.15) is 11.2 Å². The lowest BCUT2D eigenvalue weighted by Gasteiger charge is -2.23. The van der Waals surface area contributed by atoms with Crippen molar-refractivity contribution < 1.29 is 9.05 Å². The SMILES string of the molecule is C[N+](C)(C)CCCCc1nc(C=C2Nc3ccccc3S2)c2ccccc2[n+]1-c1ccccc1. The molecule has 5 heteroatoms. The second-order valence-electron chi connectivity index (χ2n) is 9.80. The number of hydrogen-bond donors (Lipinski definition) is 1. The molecule has 0 saturated heterocycles. The number of nitrogens with zero attached hydrogens (tertiary/aromatic N) is 3. The van der Waals surface area contributed by atoms with Crippen LogP contribution in [0.4, 0.5) is 5.69 Å². The number of aromatic nitrogens is 2. The number of hydrogen-bond acceptors (Lipinski definition) is 3. The van der Waals surface area contributed by atoms with Gasteiger partial charge >= 0.3 is 5.82 Å². The first-order valence-corrected chi connectivity index (χ1v) is 12.7. The first kappa shape index (κ1) is 22.6. The number of thioether (sulfide) groups is 1. The number of anilines is 1. The van der Waals surface area contributed by atoms with Crippen molar-refractivity contribution in [1.82, 2.24) is 4.98 Å². The Morgan fingerprint density at radius 3 is 2.41 bits per heavy atom. The number of aryl methyl sites for hydroxylation is 1. The molecule has 1 aliphatic rings. The minimum atomic E-state index is 0.941. The fourth-order valence-corrected chi connectivity index (χ4v) is 5.36. The van der Waals surface area contributed by atoms with Crippen LogP contribution in [0.5, 0.6) is 0 Å². The lowest BCUT2D eigenvalue weighted by molar-refractivity contribution is -0.870. The molecule has 0 spiro atoms. The third kappa shape index (κ3) is 5.01. The fourth-order valence-electron chi connectivity index (χ4n) is 4.41. The van der Waals surface area contributed by atoms with Gasteiger partial charge in [0.15, 0.2) is 5.69 Å². The van der Waals surface area contributed by atoms with Crippen LogP contribution in [0.25, 0.3) is 22.7 Å². The third-order valence-corrected chi connectivity index (χ3v) is 7.07. The normalized spacial score (nSPS) is 14.4. The van der Waals surface area contributed by atoms with E-state index in [4.69, 9.17) is 4.98 Å². The molecule has 4 nitrogen and oxygen atoms in total. The Morgan fingerprint density at radius 1 is 0.882 bits per heavy atom. The highest BCUT2D eigenvalue weighted by molar-refractivity contribution is 8.03. The first-order chi connectivity index (χ1) is 16.5. The molecule has 0 aliphatic carbocycles. The second-order valence-corrected chi connectivity index (χ2v) is 10.9. The Bertz CT molecular complexity index is 1310. The van der Waals surface area contributed by atoms with Gasteiger partial charge in [-0.2, -0.15) is 4.57 Å². The average Bonchev–Trinajstić information content (AvgIpc) is 3.24. The Labute approximate surface area is 206 Å². The summed E-state index contributed by atoms with van der Waals surface area (Å²) >= 11 is 1.77. The van der Waals surface area contributed by atoms with Crippen LogP contribution in [-0.2, 0) is 6.42 Å². The van der Waals surface area contributed by atoms with Gasteiger partial charge in [0, 0.05) is 11.0 Å². The molecule has 5 rings (SSSR count). The van der Waals surface area contributed by atoms with Crippen molar-refractivity contribution >= 4 is 34.4 Å². The van der Waals surface area contributed by atoms with Crippen molar-refractivity contribution in [3.8, 4) is 5.69 Å². The summed E-state index contributed by atoms with van der Waals surface area (Å²) in [6.45, 7) is 1.16. The summed E-state index contributed by atoms with van der Waals surface area (Å²) in [6, 6.07) is 27.7. The molecule has 0 unspecified atom stereocenters. The summed E-state index contributed by atoms with van der Waals surface area (Å²) in [7, 11) is 6.77. The Morgan fingerprint density at radius 2 is 1.62 bits per heavy atom. The topological polar surface area (TPSA) is 28.8 Å². The predicted octanol–water partition coefficient (Wildman–Crippen LogP) is 6.06. The van der Waals surface area contributed by atoms with Gasteiger partial charge in [0.25, 0.3) is 0 Å². The fraction of sp³-hybridized carbons (Fsp3) is 0.241. The summed E-state index contributed by atoms with van der Waals surface area (Å²) in [4.78, 5) is 6.52. The number of quaternary nitrogens is 1. The summed E-state index contributed by atoms with van der Waals surface area (Å²) in [5.41, 5.74) is 4.54. The number of rotatable bonds is 7. The van der Waals surface area contributed by atoms with Crippen molar-refractivity contribution in [2.75, 3.05) is 33.0 Å². The van der Waals surface area contributed by atoms with E-state index < -0.39 is 0 Å².